The summed E-state index contributed by atoms with van der Waals surface area (Å²) in [6, 6.07) is 0. The Morgan fingerprint density at radius 3 is 2.10 bits per heavy atom. The topological polar surface area (TPSA) is 34.1 Å². The molecule has 0 saturated heterocycles. The minimum Gasteiger partial charge on any atom is -0.253 e. The molecule has 2 nitrogen and oxygen atoms in total. The van der Waals surface area contributed by atoms with Gasteiger partial charge in [0.05, 0.1) is 30.1 Å². The van der Waals surface area contributed by atoms with E-state index < -0.39 is 21.6 Å². The van der Waals surface area contributed by atoms with Crippen molar-refractivity contribution in [2.75, 3.05) is 10.2 Å². The van der Waals surface area contributed by atoms with Crippen LogP contribution in [0.1, 0.15) is 0 Å². The smallest absolute Gasteiger partial charge is 0.110 e. The molecule has 2 aliphatic heterocycles. The van der Waals surface area contributed by atoms with Gasteiger partial charge >= 0.3 is 0 Å². The standard InChI is InChI=1S/C4H4O2S4/c5-9-2-10(6)4-3(9)7-1-8-4/h1-2H2/t9-,10-/m0/s1. The van der Waals surface area contributed by atoms with E-state index in [-0.39, 0.29) is 0 Å². The molecule has 0 fully saturated rings. The quantitative estimate of drug-likeness (QED) is 0.600. The molecule has 0 aliphatic carbocycles. The van der Waals surface area contributed by atoms with Crippen molar-refractivity contribution in [2.45, 2.75) is 0 Å². The number of thioether (sulfide) groups is 2. The van der Waals surface area contributed by atoms with E-state index in [1.165, 1.54) is 0 Å². The van der Waals surface area contributed by atoms with Crippen molar-refractivity contribution < 1.29 is 8.42 Å². The third kappa shape index (κ3) is 1.01. The first-order chi connectivity index (χ1) is 4.79. The lowest BCUT2D eigenvalue weighted by Crippen LogP contribution is -1.94. The molecular formula is C4H4O2S4. The average molecular weight is 212 g/mol. The third-order valence-electron chi connectivity index (χ3n) is 1.17. The van der Waals surface area contributed by atoms with Gasteiger partial charge in [0.15, 0.2) is 0 Å². The van der Waals surface area contributed by atoms with Crippen LogP contribution in [0.2, 0.25) is 0 Å². The second kappa shape index (κ2) is 2.66. The Labute approximate surface area is 72.1 Å². The van der Waals surface area contributed by atoms with Gasteiger partial charge in [-0.3, -0.25) is 8.42 Å². The van der Waals surface area contributed by atoms with Crippen molar-refractivity contribution >= 4 is 45.1 Å². The highest BCUT2D eigenvalue weighted by Gasteiger charge is 2.33. The van der Waals surface area contributed by atoms with Gasteiger partial charge in [0, 0.05) is 5.08 Å². The van der Waals surface area contributed by atoms with Gasteiger partial charge in [0.25, 0.3) is 0 Å². The van der Waals surface area contributed by atoms with Crippen LogP contribution < -0.4 is 0 Å². The first kappa shape index (κ1) is 7.39. The van der Waals surface area contributed by atoms with E-state index in [1.54, 1.807) is 23.5 Å². The number of hydrogen-bond donors (Lipinski definition) is 0. The van der Waals surface area contributed by atoms with Crippen LogP contribution >= 0.6 is 23.5 Å². The van der Waals surface area contributed by atoms with Crippen LogP contribution in [0.15, 0.2) is 8.47 Å². The second-order valence-corrected chi connectivity index (χ2v) is 7.79. The monoisotopic (exact) mass is 212 g/mol. The predicted molar refractivity (Wildman–Crippen MR) is 48.2 cm³/mol. The molecule has 6 heteroatoms. The SMILES string of the molecule is O=[S@]1C[S@](=O)C2=C1SCS2. The van der Waals surface area contributed by atoms with Crippen molar-refractivity contribution in [3.63, 3.8) is 0 Å². The van der Waals surface area contributed by atoms with Crippen LogP contribution in [-0.4, -0.2) is 18.6 Å². The van der Waals surface area contributed by atoms with Crippen LogP contribution in [0.5, 0.6) is 0 Å². The van der Waals surface area contributed by atoms with E-state index in [1.807, 2.05) is 0 Å². The number of hydrogen-bond acceptors (Lipinski definition) is 4. The molecule has 0 aromatic rings. The molecule has 0 bridgehead atoms. The lowest BCUT2D eigenvalue weighted by molar-refractivity contribution is 0.686. The molecule has 0 aromatic carbocycles. The predicted octanol–water partition coefficient (Wildman–Crippen LogP) is 1.02. The van der Waals surface area contributed by atoms with Crippen molar-refractivity contribution in [3.05, 3.63) is 8.47 Å². The maximum Gasteiger partial charge on any atom is 0.110 e. The lowest BCUT2D eigenvalue weighted by atomic mass is 11.2. The highest BCUT2D eigenvalue weighted by molar-refractivity contribution is 8.37. The van der Waals surface area contributed by atoms with Gasteiger partial charge in [0.1, 0.15) is 5.08 Å². The normalized spacial score (nSPS) is 38.8. The third-order valence-corrected chi connectivity index (χ3v) is 8.34. The maximum absolute atomic E-state index is 11.1. The minimum atomic E-state index is -0.937. The fourth-order valence-electron chi connectivity index (χ4n) is 0.776. The van der Waals surface area contributed by atoms with Crippen molar-refractivity contribution in [3.8, 4) is 0 Å². The van der Waals surface area contributed by atoms with E-state index in [9.17, 15) is 8.42 Å². The summed E-state index contributed by atoms with van der Waals surface area (Å²) in [6.07, 6.45) is 0. The average Bonchev–Trinajstić information content (AvgIpc) is 2.39. The van der Waals surface area contributed by atoms with Gasteiger partial charge in [-0.05, 0) is 0 Å². The molecule has 2 heterocycles. The molecule has 56 valence electrons. The van der Waals surface area contributed by atoms with Gasteiger partial charge in [0.2, 0.25) is 0 Å². The molecular weight excluding hydrogens is 208 g/mol. The first-order valence-electron chi connectivity index (χ1n) is 2.55. The molecule has 2 atom stereocenters. The molecule has 0 unspecified atom stereocenters. The Hall–Kier alpha value is 0.740. The van der Waals surface area contributed by atoms with Gasteiger partial charge in [-0.2, -0.15) is 0 Å². The van der Waals surface area contributed by atoms with E-state index in [4.69, 9.17) is 0 Å². The molecule has 0 amide bonds. The summed E-state index contributed by atoms with van der Waals surface area (Å²) in [5.41, 5.74) is 0. The van der Waals surface area contributed by atoms with Crippen molar-refractivity contribution in [2.24, 2.45) is 0 Å². The van der Waals surface area contributed by atoms with E-state index in [0.29, 0.717) is 5.08 Å². The molecule has 10 heavy (non-hydrogen) atoms. The molecule has 2 rings (SSSR count). The van der Waals surface area contributed by atoms with E-state index >= 15 is 0 Å². The van der Waals surface area contributed by atoms with Crippen LogP contribution in [0.3, 0.4) is 0 Å². The summed E-state index contributed by atoms with van der Waals surface area (Å²) in [7, 11) is -1.87. The maximum atomic E-state index is 11.1. The van der Waals surface area contributed by atoms with Gasteiger partial charge in [-0.1, -0.05) is 0 Å². The summed E-state index contributed by atoms with van der Waals surface area (Å²) in [4.78, 5) is 0. The fourth-order valence-corrected chi connectivity index (χ4v) is 8.72. The summed E-state index contributed by atoms with van der Waals surface area (Å²) >= 11 is 3.15. The summed E-state index contributed by atoms with van der Waals surface area (Å²) in [5, 5.41) is 1.23. The molecule has 0 radical (unpaired) electrons. The Balaban J connectivity index is 2.45. The van der Waals surface area contributed by atoms with Crippen molar-refractivity contribution in [1.29, 1.82) is 0 Å². The Morgan fingerprint density at radius 2 is 1.60 bits per heavy atom. The van der Waals surface area contributed by atoms with Gasteiger partial charge in [-0.25, -0.2) is 0 Å². The highest BCUT2D eigenvalue weighted by Crippen LogP contribution is 2.46. The van der Waals surface area contributed by atoms with Gasteiger partial charge < -0.3 is 0 Å². The number of rotatable bonds is 0. The van der Waals surface area contributed by atoms with Crippen LogP contribution in [-0.2, 0) is 21.6 Å². The largest absolute Gasteiger partial charge is 0.253 e. The zero-order valence-electron chi connectivity index (χ0n) is 4.86. The molecule has 0 N–H and O–H groups in total. The fraction of sp³-hybridized carbons (Fsp3) is 0.500. The van der Waals surface area contributed by atoms with Crippen LogP contribution in [0, 0.1) is 0 Å². The minimum absolute atomic E-state index is 0.338. The highest BCUT2D eigenvalue weighted by atomic mass is 32.3. The second-order valence-electron chi connectivity index (χ2n) is 1.79. The van der Waals surface area contributed by atoms with Crippen LogP contribution in [0.25, 0.3) is 0 Å². The van der Waals surface area contributed by atoms with E-state index in [2.05, 4.69) is 0 Å². The lowest BCUT2D eigenvalue weighted by Gasteiger charge is -1.91. The Kier molecular flexibility index (Phi) is 1.96. The van der Waals surface area contributed by atoms with E-state index in [0.717, 1.165) is 13.6 Å². The molecule has 0 aromatic heterocycles. The summed E-state index contributed by atoms with van der Waals surface area (Å²) in [6.45, 7) is 0. The Morgan fingerprint density at radius 1 is 1.10 bits per heavy atom. The zero-order chi connectivity index (χ0) is 7.14. The van der Waals surface area contributed by atoms with Crippen LogP contribution in [0.4, 0.5) is 0 Å². The zero-order valence-corrected chi connectivity index (χ0v) is 8.13. The van der Waals surface area contributed by atoms with Crippen molar-refractivity contribution in [1.82, 2.24) is 0 Å². The Bertz CT molecular complexity index is 232. The summed E-state index contributed by atoms with van der Waals surface area (Å²) < 4.78 is 23.9. The van der Waals surface area contributed by atoms with Gasteiger partial charge in [-0.15, -0.1) is 23.5 Å². The summed E-state index contributed by atoms with van der Waals surface area (Å²) in [5.74, 6) is 0. The molecule has 0 saturated carbocycles. The molecule has 2 aliphatic rings. The molecule has 0 spiro atoms. The first-order valence-corrected chi connectivity index (χ1v) is 7.16.